The largest absolute Gasteiger partial charge is 0.401 e. The highest BCUT2D eigenvalue weighted by Gasteiger charge is 2.30. The molecule has 1 aromatic rings. The standard InChI is InChI=1S/C10H14F3N3/c1-16-9-4-2-3-8(7(9)5-15-16)14-6-10(11,12)13/h5,8,14H,2-4,6H2,1H3. The zero-order valence-corrected chi connectivity index (χ0v) is 9.01. The summed E-state index contributed by atoms with van der Waals surface area (Å²) in [7, 11) is 1.82. The molecular weight excluding hydrogens is 219 g/mol. The molecule has 0 spiro atoms. The number of aromatic nitrogens is 2. The number of aryl methyl sites for hydroxylation is 1. The third-order valence-corrected chi connectivity index (χ3v) is 2.92. The van der Waals surface area contributed by atoms with Crippen molar-refractivity contribution in [2.75, 3.05) is 6.54 Å². The summed E-state index contributed by atoms with van der Waals surface area (Å²) in [6.45, 7) is -0.938. The Morgan fingerprint density at radius 1 is 1.56 bits per heavy atom. The van der Waals surface area contributed by atoms with Gasteiger partial charge in [-0.05, 0) is 19.3 Å². The van der Waals surface area contributed by atoms with E-state index in [0.29, 0.717) is 0 Å². The summed E-state index contributed by atoms with van der Waals surface area (Å²) in [5.74, 6) is 0. The van der Waals surface area contributed by atoms with Gasteiger partial charge in [-0.1, -0.05) is 0 Å². The molecular formula is C10H14F3N3. The zero-order valence-electron chi connectivity index (χ0n) is 9.01. The monoisotopic (exact) mass is 233 g/mol. The maximum Gasteiger partial charge on any atom is 0.401 e. The second-order valence-corrected chi connectivity index (χ2v) is 4.11. The molecule has 0 saturated carbocycles. The fourth-order valence-corrected chi connectivity index (χ4v) is 2.16. The number of hydrogen-bond acceptors (Lipinski definition) is 2. The summed E-state index contributed by atoms with van der Waals surface area (Å²) in [4.78, 5) is 0. The third kappa shape index (κ3) is 2.37. The quantitative estimate of drug-likeness (QED) is 0.846. The van der Waals surface area contributed by atoms with Crippen LogP contribution in [0.1, 0.15) is 30.1 Å². The Kier molecular flexibility index (Phi) is 2.92. The van der Waals surface area contributed by atoms with E-state index in [-0.39, 0.29) is 6.04 Å². The molecule has 0 bridgehead atoms. The smallest absolute Gasteiger partial charge is 0.302 e. The molecule has 1 heterocycles. The topological polar surface area (TPSA) is 29.9 Å². The van der Waals surface area contributed by atoms with Crippen LogP contribution in [0.15, 0.2) is 6.20 Å². The zero-order chi connectivity index (χ0) is 11.8. The van der Waals surface area contributed by atoms with Gasteiger partial charge in [0.25, 0.3) is 0 Å². The van der Waals surface area contributed by atoms with Crippen molar-refractivity contribution in [3.05, 3.63) is 17.5 Å². The van der Waals surface area contributed by atoms with Gasteiger partial charge in [0, 0.05) is 24.3 Å². The molecule has 1 atom stereocenters. The summed E-state index contributed by atoms with van der Waals surface area (Å²) >= 11 is 0. The number of rotatable bonds is 2. The minimum absolute atomic E-state index is 0.209. The van der Waals surface area contributed by atoms with E-state index >= 15 is 0 Å². The highest BCUT2D eigenvalue weighted by Crippen LogP contribution is 2.29. The Hall–Kier alpha value is -1.04. The van der Waals surface area contributed by atoms with Gasteiger partial charge in [-0.3, -0.25) is 4.68 Å². The number of nitrogens with one attached hydrogen (secondary N) is 1. The molecule has 1 aliphatic rings. The molecule has 6 heteroatoms. The summed E-state index contributed by atoms with van der Waals surface area (Å²) in [6, 6.07) is -0.209. The van der Waals surface area contributed by atoms with E-state index in [1.807, 2.05) is 7.05 Å². The molecule has 0 aliphatic heterocycles. The minimum Gasteiger partial charge on any atom is -0.302 e. The first-order chi connectivity index (χ1) is 7.47. The molecule has 0 fully saturated rings. The lowest BCUT2D eigenvalue weighted by molar-refractivity contribution is -0.126. The molecule has 1 unspecified atom stereocenters. The lowest BCUT2D eigenvalue weighted by Crippen LogP contribution is -2.33. The first kappa shape index (κ1) is 11.4. The first-order valence-electron chi connectivity index (χ1n) is 5.28. The second kappa shape index (κ2) is 4.08. The van der Waals surface area contributed by atoms with Crippen LogP contribution in [0.3, 0.4) is 0 Å². The van der Waals surface area contributed by atoms with Crippen molar-refractivity contribution >= 4 is 0 Å². The molecule has 0 saturated heterocycles. The van der Waals surface area contributed by atoms with Gasteiger partial charge in [0.15, 0.2) is 0 Å². The van der Waals surface area contributed by atoms with Gasteiger partial charge in [0.1, 0.15) is 0 Å². The number of alkyl halides is 3. The van der Waals surface area contributed by atoms with Crippen molar-refractivity contribution in [2.24, 2.45) is 7.05 Å². The molecule has 16 heavy (non-hydrogen) atoms. The van der Waals surface area contributed by atoms with Crippen LogP contribution >= 0.6 is 0 Å². The molecule has 0 amide bonds. The number of nitrogens with zero attached hydrogens (tertiary/aromatic N) is 2. The Bertz CT molecular complexity index is 370. The molecule has 0 radical (unpaired) electrons. The highest BCUT2D eigenvalue weighted by atomic mass is 19.4. The van der Waals surface area contributed by atoms with Gasteiger partial charge in [0.2, 0.25) is 0 Å². The molecule has 2 rings (SSSR count). The molecule has 3 nitrogen and oxygen atoms in total. The average molecular weight is 233 g/mol. The molecule has 1 N–H and O–H groups in total. The van der Waals surface area contributed by atoms with E-state index in [4.69, 9.17) is 0 Å². The highest BCUT2D eigenvalue weighted by molar-refractivity contribution is 5.24. The van der Waals surface area contributed by atoms with Crippen molar-refractivity contribution < 1.29 is 13.2 Å². The van der Waals surface area contributed by atoms with Crippen molar-refractivity contribution in [1.29, 1.82) is 0 Å². The van der Waals surface area contributed by atoms with Crippen molar-refractivity contribution in [3.8, 4) is 0 Å². The third-order valence-electron chi connectivity index (χ3n) is 2.92. The van der Waals surface area contributed by atoms with E-state index in [0.717, 1.165) is 30.5 Å². The van der Waals surface area contributed by atoms with Gasteiger partial charge in [-0.2, -0.15) is 18.3 Å². The lowest BCUT2D eigenvalue weighted by Gasteiger charge is -2.24. The fraction of sp³-hybridized carbons (Fsp3) is 0.700. The van der Waals surface area contributed by atoms with Crippen LogP contribution in [0.4, 0.5) is 13.2 Å². The first-order valence-corrected chi connectivity index (χ1v) is 5.28. The number of fused-ring (bicyclic) bond motifs is 1. The van der Waals surface area contributed by atoms with Crippen LogP contribution in [0.2, 0.25) is 0 Å². The molecule has 1 aliphatic carbocycles. The van der Waals surface area contributed by atoms with E-state index in [1.165, 1.54) is 0 Å². The van der Waals surface area contributed by atoms with E-state index in [9.17, 15) is 13.2 Å². The summed E-state index contributed by atoms with van der Waals surface area (Å²) in [6.07, 6.45) is 0.0647. The Morgan fingerprint density at radius 3 is 3.00 bits per heavy atom. The molecule has 1 aromatic heterocycles. The number of hydrogen-bond donors (Lipinski definition) is 1. The lowest BCUT2D eigenvalue weighted by atomic mass is 9.93. The summed E-state index contributed by atoms with van der Waals surface area (Å²) in [5, 5.41) is 6.64. The van der Waals surface area contributed by atoms with Crippen LogP contribution in [0.25, 0.3) is 0 Å². The van der Waals surface area contributed by atoms with E-state index in [2.05, 4.69) is 10.4 Å². The summed E-state index contributed by atoms with van der Waals surface area (Å²) < 4.78 is 38.1. The van der Waals surface area contributed by atoms with Gasteiger partial charge < -0.3 is 5.32 Å². The van der Waals surface area contributed by atoms with Gasteiger partial charge in [-0.15, -0.1) is 0 Å². The number of halogens is 3. The second-order valence-electron chi connectivity index (χ2n) is 4.11. The van der Waals surface area contributed by atoms with Gasteiger partial charge in [0.05, 0.1) is 12.7 Å². The predicted molar refractivity (Wildman–Crippen MR) is 52.9 cm³/mol. The van der Waals surface area contributed by atoms with Crippen LogP contribution in [-0.4, -0.2) is 22.5 Å². The minimum atomic E-state index is -4.15. The molecule has 0 aromatic carbocycles. The van der Waals surface area contributed by atoms with Gasteiger partial charge >= 0.3 is 6.18 Å². The van der Waals surface area contributed by atoms with E-state index < -0.39 is 12.7 Å². The Balaban J connectivity index is 2.08. The average Bonchev–Trinajstić information content (AvgIpc) is 2.57. The fourth-order valence-electron chi connectivity index (χ4n) is 2.16. The van der Waals surface area contributed by atoms with Crippen molar-refractivity contribution in [1.82, 2.24) is 15.1 Å². The predicted octanol–water partition coefficient (Wildman–Crippen LogP) is 1.95. The Labute approximate surface area is 91.6 Å². The van der Waals surface area contributed by atoms with Crippen LogP contribution in [0.5, 0.6) is 0 Å². The molecule has 90 valence electrons. The van der Waals surface area contributed by atoms with Crippen LogP contribution in [-0.2, 0) is 13.5 Å². The Morgan fingerprint density at radius 2 is 2.31 bits per heavy atom. The SMILES string of the molecule is Cn1ncc2c1CCCC2NCC(F)(F)F. The maximum atomic E-state index is 12.1. The summed E-state index contributed by atoms with van der Waals surface area (Å²) in [5.41, 5.74) is 1.96. The van der Waals surface area contributed by atoms with Crippen LogP contribution < -0.4 is 5.32 Å². The van der Waals surface area contributed by atoms with Crippen molar-refractivity contribution in [2.45, 2.75) is 31.5 Å². The van der Waals surface area contributed by atoms with Crippen molar-refractivity contribution in [3.63, 3.8) is 0 Å². The van der Waals surface area contributed by atoms with Gasteiger partial charge in [-0.25, -0.2) is 0 Å². The maximum absolute atomic E-state index is 12.1. The van der Waals surface area contributed by atoms with Crippen LogP contribution in [0, 0.1) is 0 Å². The normalized spacial score (nSPS) is 20.9. The van der Waals surface area contributed by atoms with E-state index in [1.54, 1.807) is 10.9 Å².